The van der Waals surface area contributed by atoms with Crippen molar-refractivity contribution in [2.75, 3.05) is 0 Å². The number of carboxylic acids is 1. The van der Waals surface area contributed by atoms with Crippen LogP contribution in [0.4, 0.5) is 0 Å². The van der Waals surface area contributed by atoms with Gasteiger partial charge in [0.25, 0.3) is 0 Å². The van der Waals surface area contributed by atoms with Gasteiger partial charge in [-0.1, -0.05) is 48.0 Å². The van der Waals surface area contributed by atoms with Crippen molar-refractivity contribution in [3.8, 4) is 11.1 Å². The fourth-order valence-corrected chi connectivity index (χ4v) is 2.56. The number of nitrogens with zero attached hydrogens (tertiary/aromatic N) is 1. The van der Waals surface area contributed by atoms with E-state index >= 15 is 0 Å². The number of carboxylic acid groups (broad SMARTS) is 1. The minimum Gasteiger partial charge on any atom is -0.478 e. The molecule has 0 saturated carbocycles. The van der Waals surface area contributed by atoms with E-state index in [2.05, 4.69) is 4.98 Å². The third-order valence-electron chi connectivity index (χ3n) is 3.12. The lowest BCUT2D eigenvalue weighted by molar-refractivity contribution is 0.0697. The molecule has 0 unspecified atom stereocenters. The highest BCUT2D eigenvalue weighted by Gasteiger charge is 2.18. The van der Waals surface area contributed by atoms with Crippen LogP contribution >= 0.6 is 11.6 Å². The monoisotopic (exact) mass is 283 g/mol. The molecule has 20 heavy (non-hydrogen) atoms. The van der Waals surface area contributed by atoms with Gasteiger partial charge in [-0.2, -0.15) is 0 Å². The maximum absolute atomic E-state index is 11.3. The normalized spacial score (nSPS) is 10.7. The van der Waals surface area contributed by atoms with E-state index in [1.807, 2.05) is 36.4 Å². The Morgan fingerprint density at radius 2 is 1.85 bits per heavy atom. The fourth-order valence-electron chi connectivity index (χ4n) is 2.22. The van der Waals surface area contributed by atoms with Gasteiger partial charge in [0.15, 0.2) is 0 Å². The summed E-state index contributed by atoms with van der Waals surface area (Å²) in [6.07, 6.45) is 1.67. The second-order valence-corrected chi connectivity index (χ2v) is 4.74. The van der Waals surface area contributed by atoms with Gasteiger partial charge < -0.3 is 5.11 Å². The summed E-state index contributed by atoms with van der Waals surface area (Å²) >= 11 is 6.30. The Morgan fingerprint density at radius 3 is 2.55 bits per heavy atom. The van der Waals surface area contributed by atoms with Gasteiger partial charge in [0.2, 0.25) is 0 Å². The largest absolute Gasteiger partial charge is 0.478 e. The Balaban J connectivity index is 2.45. The summed E-state index contributed by atoms with van der Waals surface area (Å²) in [5.41, 5.74) is 2.30. The van der Waals surface area contributed by atoms with E-state index in [1.54, 1.807) is 18.3 Å². The second kappa shape index (κ2) is 4.94. The number of aromatic carboxylic acids is 1. The van der Waals surface area contributed by atoms with E-state index in [0.29, 0.717) is 11.1 Å². The number of halogens is 1. The highest BCUT2D eigenvalue weighted by Crippen LogP contribution is 2.36. The molecule has 2 aromatic carbocycles. The molecule has 1 N–H and O–H groups in total. The van der Waals surface area contributed by atoms with E-state index in [0.717, 1.165) is 10.9 Å². The van der Waals surface area contributed by atoms with E-state index in [1.165, 1.54) is 0 Å². The van der Waals surface area contributed by atoms with E-state index in [4.69, 9.17) is 11.6 Å². The van der Waals surface area contributed by atoms with Crippen LogP contribution in [-0.4, -0.2) is 16.1 Å². The molecule has 0 radical (unpaired) electrons. The molecule has 0 aliphatic rings. The first kappa shape index (κ1) is 12.6. The summed E-state index contributed by atoms with van der Waals surface area (Å²) in [7, 11) is 0. The number of hydrogen-bond acceptors (Lipinski definition) is 2. The number of carbonyl (C=O) groups is 1. The van der Waals surface area contributed by atoms with Gasteiger partial charge in [0, 0.05) is 17.1 Å². The average Bonchev–Trinajstić information content (AvgIpc) is 2.47. The number of hydrogen-bond donors (Lipinski definition) is 1. The van der Waals surface area contributed by atoms with E-state index in [-0.39, 0.29) is 10.6 Å². The Bertz CT molecular complexity index is 800. The molecule has 3 aromatic rings. The van der Waals surface area contributed by atoms with Crippen molar-refractivity contribution in [2.45, 2.75) is 0 Å². The molecule has 0 aliphatic carbocycles. The summed E-state index contributed by atoms with van der Waals surface area (Å²) in [6, 6.07) is 14.6. The smallest absolute Gasteiger partial charge is 0.337 e. The maximum atomic E-state index is 11.3. The molecule has 0 atom stereocenters. The van der Waals surface area contributed by atoms with Crippen LogP contribution < -0.4 is 0 Å². The van der Waals surface area contributed by atoms with E-state index in [9.17, 15) is 9.90 Å². The molecule has 98 valence electrons. The first-order chi connectivity index (χ1) is 9.68. The molecule has 1 aromatic heterocycles. The maximum Gasteiger partial charge on any atom is 0.337 e. The summed E-state index contributed by atoms with van der Waals surface area (Å²) in [6.45, 7) is 0. The van der Waals surface area contributed by atoms with Gasteiger partial charge in [0.05, 0.1) is 16.1 Å². The Morgan fingerprint density at radius 1 is 1.10 bits per heavy atom. The topological polar surface area (TPSA) is 50.2 Å². The van der Waals surface area contributed by atoms with Gasteiger partial charge in [-0.3, -0.25) is 4.98 Å². The first-order valence-corrected chi connectivity index (χ1v) is 6.42. The lowest BCUT2D eigenvalue weighted by Crippen LogP contribution is -2.00. The van der Waals surface area contributed by atoms with Crippen molar-refractivity contribution in [1.82, 2.24) is 4.98 Å². The van der Waals surface area contributed by atoms with Crippen molar-refractivity contribution in [1.29, 1.82) is 0 Å². The lowest BCUT2D eigenvalue weighted by atomic mass is 9.98. The van der Waals surface area contributed by atoms with Crippen LogP contribution in [0.2, 0.25) is 5.02 Å². The molecule has 4 heteroatoms. The molecule has 0 saturated heterocycles. The van der Waals surface area contributed by atoms with Crippen LogP contribution in [0.25, 0.3) is 22.0 Å². The van der Waals surface area contributed by atoms with Crippen molar-refractivity contribution in [3.05, 3.63) is 65.3 Å². The summed E-state index contributed by atoms with van der Waals surface area (Å²) in [5, 5.41) is 10.3. The molecule has 3 rings (SSSR count). The highest BCUT2D eigenvalue weighted by molar-refractivity contribution is 6.38. The zero-order valence-electron chi connectivity index (χ0n) is 10.4. The first-order valence-electron chi connectivity index (χ1n) is 6.04. The molecular weight excluding hydrogens is 274 g/mol. The van der Waals surface area contributed by atoms with Gasteiger partial charge in [-0.15, -0.1) is 0 Å². The number of fused-ring (bicyclic) bond motifs is 1. The zero-order valence-corrected chi connectivity index (χ0v) is 11.1. The quantitative estimate of drug-likeness (QED) is 0.765. The van der Waals surface area contributed by atoms with Crippen LogP contribution in [-0.2, 0) is 0 Å². The third-order valence-corrected chi connectivity index (χ3v) is 3.52. The number of benzene rings is 2. The van der Waals surface area contributed by atoms with Gasteiger partial charge in [-0.05, 0) is 17.7 Å². The van der Waals surface area contributed by atoms with Crippen LogP contribution in [0.15, 0.2) is 54.7 Å². The third kappa shape index (κ3) is 2.02. The van der Waals surface area contributed by atoms with Crippen LogP contribution in [0, 0.1) is 0 Å². The summed E-state index contributed by atoms with van der Waals surface area (Å²) in [5.74, 6) is -1.04. The second-order valence-electron chi connectivity index (χ2n) is 4.36. The molecular formula is C16H10ClNO2. The molecule has 0 bridgehead atoms. The lowest BCUT2D eigenvalue weighted by Gasteiger charge is -2.11. The van der Waals surface area contributed by atoms with Crippen LogP contribution in [0.5, 0.6) is 0 Å². The van der Waals surface area contributed by atoms with Crippen molar-refractivity contribution in [3.63, 3.8) is 0 Å². The Hall–Kier alpha value is -2.39. The van der Waals surface area contributed by atoms with Gasteiger partial charge in [0.1, 0.15) is 0 Å². The standard InChI is InChI=1S/C16H10ClNO2/c17-14-12(16(19)20)9-11-7-4-8-18-15(11)13(14)10-5-2-1-3-6-10/h1-9H,(H,19,20). The summed E-state index contributed by atoms with van der Waals surface area (Å²) in [4.78, 5) is 15.7. The van der Waals surface area contributed by atoms with Crippen LogP contribution in [0.1, 0.15) is 10.4 Å². The molecule has 1 heterocycles. The molecule has 0 aliphatic heterocycles. The van der Waals surface area contributed by atoms with Gasteiger partial charge in [-0.25, -0.2) is 4.79 Å². The van der Waals surface area contributed by atoms with Gasteiger partial charge >= 0.3 is 5.97 Å². The minimum absolute atomic E-state index is 0.0889. The minimum atomic E-state index is -1.04. The summed E-state index contributed by atoms with van der Waals surface area (Å²) < 4.78 is 0. The molecule has 0 spiro atoms. The molecule has 0 amide bonds. The van der Waals surface area contributed by atoms with Crippen molar-refractivity contribution in [2.24, 2.45) is 0 Å². The van der Waals surface area contributed by atoms with Crippen molar-refractivity contribution >= 4 is 28.5 Å². The molecule has 0 fully saturated rings. The Kier molecular flexibility index (Phi) is 3.12. The number of pyridine rings is 1. The van der Waals surface area contributed by atoms with Crippen molar-refractivity contribution < 1.29 is 9.90 Å². The SMILES string of the molecule is O=C(O)c1cc2cccnc2c(-c2ccccc2)c1Cl. The number of aromatic nitrogens is 1. The predicted molar refractivity (Wildman–Crippen MR) is 79.1 cm³/mol. The average molecular weight is 284 g/mol. The Labute approximate surface area is 120 Å². The molecule has 3 nitrogen and oxygen atoms in total. The number of rotatable bonds is 2. The zero-order chi connectivity index (χ0) is 14.1. The predicted octanol–water partition coefficient (Wildman–Crippen LogP) is 4.25. The van der Waals surface area contributed by atoms with Crippen LogP contribution in [0.3, 0.4) is 0 Å². The van der Waals surface area contributed by atoms with E-state index < -0.39 is 5.97 Å². The highest BCUT2D eigenvalue weighted by atomic mass is 35.5. The fraction of sp³-hybridized carbons (Fsp3) is 0.